The lowest BCUT2D eigenvalue weighted by Crippen LogP contribution is -2.44. The quantitative estimate of drug-likeness (QED) is 0.437. The predicted octanol–water partition coefficient (Wildman–Crippen LogP) is 2.91. The summed E-state index contributed by atoms with van der Waals surface area (Å²) in [7, 11) is -3.56. The van der Waals surface area contributed by atoms with Crippen LogP contribution in [0.5, 0.6) is 11.5 Å². The van der Waals surface area contributed by atoms with E-state index in [9.17, 15) is 18.0 Å². The van der Waals surface area contributed by atoms with E-state index in [4.69, 9.17) is 9.47 Å². The van der Waals surface area contributed by atoms with Gasteiger partial charge in [0.05, 0.1) is 29.4 Å². The average molecular weight is 522 g/mol. The number of fused-ring (bicyclic) bond motifs is 2. The van der Waals surface area contributed by atoms with Crippen molar-refractivity contribution < 1.29 is 27.5 Å². The Morgan fingerprint density at radius 2 is 1.78 bits per heavy atom. The second-order valence-corrected chi connectivity index (χ2v) is 11.2. The summed E-state index contributed by atoms with van der Waals surface area (Å²) in [5.74, 6) is 0.0162. The third-order valence-electron chi connectivity index (χ3n) is 6.30. The molecule has 192 valence electrons. The molecule has 5 rings (SSSR count). The molecule has 0 fully saturated rings. The molecule has 2 heterocycles. The fraction of sp³-hybridized carbons (Fsp3) is 0.259. The van der Waals surface area contributed by atoms with Gasteiger partial charge in [0, 0.05) is 5.56 Å². The number of anilines is 2. The highest BCUT2D eigenvalue weighted by atomic mass is 32.2. The van der Waals surface area contributed by atoms with Crippen molar-refractivity contribution in [1.29, 1.82) is 0 Å². The van der Waals surface area contributed by atoms with Gasteiger partial charge in [-0.05, 0) is 48.4 Å². The van der Waals surface area contributed by atoms with Crippen molar-refractivity contribution in [2.75, 3.05) is 29.5 Å². The molecule has 3 aromatic carbocycles. The summed E-state index contributed by atoms with van der Waals surface area (Å²) in [6, 6.07) is 18.5. The Labute approximate surface area is 215 Å². The Kier molecular flexibility index (Phi) is 6.75. The van der Waals surface area contributed by atoms with E-state index in [0.29, 0.717) is 40.6 Å². The molecular weight excluding hydrogens is 494 g/mol. The van der Waals surface area contributed by atoms with Gasteiger partial charge in [0.25, 0.3) is 5.91 Å². The zero-order chi connectivity index (χ0) is 26.0. The Hall–Kier alpha value is -4.05. The van der Waals surface area contributed by atoms with Crippen LogP contribution in [0.1, 0.15) is 21.5 Å². The number of nitrogens with one attached hydrogen (secondary N) is 3. The molecular formula is C27H27N3O6S. The molecule has 3 aromatic rings. The minimum atomic E-state index is -3.56. The van der Waals surface area contributed by atoms with Gasteiger partial charge in [-0.25, -0.2) is 8.42 Å². The van der Waals surface area contributed by atoms with E-state index in [1.54, 1.807) is 30.3 Å². The van der Waals surface area contributed by atoms with Crippen LogP contribution < -0.4 is 25.4 Å². The maximum atomic E-state index is 12.8. The molecule has 3 N–H and O–H groups in total. The number of rotatable bonds is 7. The Morgan fingerprint density at radius 3 is 2.59 bits per heavy atom. The minimum Gasteiger partial charge on any atom is -0.486 e. The number of hydrogen-bond acceptors (Lipinski definition) is 7. The molecule has 2 atom stereocenters. The van der Waals surface area contributed by atoms with Crippen LogP contribution in [-0.4, -0.2) is 51.3 Å². The fourth-order valence-corrected chi connectivity index (χ4v) is 5.96. The smallest absolute Gasteiger partial charge is 0.251 e. The van der Waals surface area contributed by atoms with E-state index < -0.39 is 21.8 Å². The number of hydrogen-bond donors (Lipinski definition) is 3. The lowest BCUT2D eigenvalue weighted by Gasteiger charge is -2.27. The van der Waals surface area contributed by atoms with Gasteiger partial charge in [0.2, 0.25) is 5.91 Å². The van der Waals surface area contributed by atoms with Crippen molar-refractivity contribution in [3.8, 4) is 11.5 Å². The van der Waals surface area contributed by atoms with Gasteiger partial charge < -0.3 is 25.4 Å². The number of para-hydroxylation sites is 2. The zero-order valence-electron chi connectivity index (χ0n) is 20.2. The van der Waals surface area contributed by atoms with E-state index in [1.165, 1.54) is 0 Å². The van der Waals surface area contributed by atoms with Gasteiger partial charge in [-0.3, -0.25) is 9.59 Å². The second-order valence-electron chi connectivity index (χ2n) is 9.14. The molecule has 10 heteroatoms. The number of amides is 2. The molecule has 0 bridgehead atoms. The van der Waals surface area contributed by atoms with Gasteiger partial charge >= 0.3 is 0 Å². The lowest BCUT2D eigenvalue weighted by molar-refractivity contribution is -0.116. The zero-order valence-corrected chi connectivity index (χ0v) is 21.0. The number of benzene rings is 3. The van der Waals surface area contributed by atoms with E-state index in [0.717, 1.165) is 5.56 Å². The van der Waals surface area contributed by atoms with Crippen LogP contribution in [0.3, 0.4) is 0 Å². The van der Waals surface area contributed by atoms with Crippen LogP contribution in [0.2, 0.25) is 0 Å². The number of aryl methyl sites for hydroxylation is 1. The fourth-order valence-electron chi connectivity index (χ4n) is 4.30. The van der Waals surface area contributed by atoms with Gasteiger partial charge in [0.1, 0.15) is 18.8 Å². The van der Waals surface area contributed by atoms with Crippen LogP contribution in [0.15, 0.2) is 66.7 Å². The molecule has 2 amide bonds. The third-order valence-corrected chi connectivity index (χ3v) is 7.89. The van der Waals surface area contributed by atoms with Crippen LogP contribution in [-0.2, 0) is 20.4 Å². The highest BCUT2D eigenvalue weighted by Crippen LogP contribution is 2.31. The summed E-state index contributed by atoms with van der Waals surface area (Å²) in [6.45, 7) is 2.42. The van der Waals surface area contributed by atoms with Gasteiger partial charge in [-0.15, -0.1) is 0 Å². The van der Waals surface area contributed by atoms with E-state index in [-0.39, 0.29) is 30.1 Å². The molecule has 0 saturated carbocycles. The number of carbonyl (C=O) groups excluding carboxylic acids is 2. The van der Waals surface area contributed by atoms with Gasteiger partial charge in [0.15, 0.2) is 21.3 Å². The maximum absolute atomic E-state index is 12.8. The number of carbonyl (C=O) groups is 2. The first-order valence-corrected chi connectivity index (χ1v) is 13.7. The van der Waals surface area contributed by atoms with Crippen molar-refractivity contribution in [2.45, 2.75) is 24.8 Å². The lowest BCUT2D eigenvalue weighted by atomic mass is 10.1. The Bertz CT molecular complexity index is 1460. The highest BCUT2D eigenvalue weighted by Gasteiger charge is 2.31. The van der Waals surface area contributed by atoms with Crippen LogP contribution in [0.4, 0.5) is 11.4 Å². The monoisotopic (exact) mass is 521 g/mol. The van der Waals surface area contributed by atoms with E-state index >= 15 is 0 Å². The molecule has 2 aliphatic rings. The summed E-state index contributed by atoms with van der Waals surface area (Å²) in [5, 5.41) is 8.56. The normalized spacial score (nSPS) is 18.2. The molecule has 0 aliphatic carbocycles. The summed E-state index contributed by atoms with van der Waals surface area (Å²) in [5.41, 5.74) is 2.91. The van der Waals surface area contributed by atoms with Crippen molar-refractivity contribution in [2.24, 2.45) is 0 Å². The van der Waals surface area contributed by atoms with Crippen LogP contribution >= 0.6 is 0 Å². The molecule has 2 aliphatic heterocycles. The second kappa shape index (κ2) is 10.1. The Morgan fingerprint density at radius 1 is 1.03 bits per heavy atom. The highest BCUT2D eigenvalue weighted by molar-refractivity contribution is 7.90. The summed E-state index contributed by atoms with van der Waals surface area (Å²) in [4.78, 5) is 25.4. The molecule has 0 saturated heterocycles. The third kappa shape index (κ3) is 5.69. The molecule has 0 radical (unpaired) electrons. The number of ether oxygens (including phenoxy) is 2. The van der Waals surface area contributed by atoms with Crippen LogP contribution in [0, 0.1) is 6.92 Å². The standard InChI is InChI=1S/C27H27N3O6S/c1-17-6-2-3-7-19(17)15-37(33,34)16-23-27(32)30-22-12-18(10-11-21(22)29-23)26(31)28-13-20-14-35-24-8-4-5-9-25(24)36-20/h2-12,20,23,29H,13-16H2,1H3,(H,28,31)(H,30,32). The SMILES string of the molecule is Cc1ccccc1CS(=O)(=O)CC1Nc2ccc(C(=O)NCC3COc4ccccc4O3)cc2NC1=O. The first-order valence-electron chi connectivity index (χ1n) is 11.9. The largest absolute Gasteiger partial charge is 0.486 e. The summed E-state index contributed by atoms with van der Waals surface area (Å²) < 4.78 is 37.1. The molecule has 37 heavy (non-hydrogen) atoms. The molecule has 9 nitrogen and oxygen atoms in total. The van der Waals surface area contributed by atoms with Crippen molar-refractivity contribution in [3.05, 3.63) is 83.4 Å². The van der Waals surface area contributed by atoms with Crippen molar-refractivity contribution >= 4 is 33.0 Å². The maximum Gasteiger partial charge on any atom is 0.251 e. The van der Waals surface area contributed by atoms with Crippen molar-refractivity contribution in [1.82, 2.24) is 5.32 Å². The topological polar surface area (TPSA) is 123 Å². The first kappa shape index (κ1) is 24.6. The predicted molar refractivity (Wildman–Crippen MR) is 140 cm³/mol. The first-order chi connectivity index (χ1) is 17.8. The van der Waals surface area contributed by atoms with E-state index in [2.05, 4.69) is 16.0 Å². The Balaban J connectivity index is 1.19. The summed E-state index contributed by atoms with van der Waals surface area (Å²) >= 11 is 0. The number of sulfone groups is 1. The summed E-state index contributed by atoms with van der Waals surface area (Å²) in [6.07, 6.45) is -0.333. The molecule has 0 aromatic heterocycles. The molecule has 2 unspecified atom stereocenters. The minimum absolute atomic E-state index is 0.140. The van der Waals surface area contributed by atoms with E-state index in [1.807, 2.05) is 43.3 Å². The molecule has 0 spiro atoms. The van der Waals surface area contributed by atoms with Gasteiger partial charge in [-0.1, -0.05) is 36.4 Å². The van der Waals surface area contributed by atoms with Crippen LogP contribution in [0.25, 0.3) is 0 Å². The average Bonchev–Trinajstić information content (AvgIpc) is 2.88. The van der Waals surface area contributed by atoms with Crippen molar-refractivity contribution in [3.63, 3.8) is 0 Å². The van der Waals surface area contributed by atoms with Gasteiger partial charge in [-0.2, -0.15) is 0 Å².